The molecule has 0 saturated carbocycles. The van der Waals surface area contributed by atoms with Crippen LogP contribution in [0.5, 0.6) is 0 Å². The second-order valence-electron chi connectivity index (χ2n) is 5.73. The molecule has 0 aliphatic carbocycles. The summed E-state index contributed by atoms with van der Waals surface area (Å²) >= 11 is 3.51. The molecule has 1 aliphatic heterocycles. The van der Waals surface area contributed by atoms with Gasteiger partial charge in [-0.05, 0) is 60.3 Å². The largest absolute Gasteiger partial charge is 0.357 e. The Morgan fingerprint density at radius 3 is 2.63 bits per heavy atom. The molecule has 106 valence electrons. The number of hydrogen-bond donors (Lipinski definition) is 1. The van der Waals surface area contributed by atoms with E-state index in [0.29, 0.717) is 6.04 Å². The molecule has 0 atom stereocenters. The van der Waals surface area contributed by atoms with Crippen molar-refractivity contribution in [1.29, 1.82) is 0 Å². The second-order valence-corrected chi connectivity index (χ2v) is 6.58. The van der Waals surface area contributed by atoms with Crippen molar-refractivity contribution < 1.29 is 0 Å². The Labute approximate surface area is 124 Å². The van der Waals surface area contributed by atoms with E-state index in [-0.39, 0.29) is 0 Å². The average Bonchev–Trinajstić information content (AvgIpc) is 2.40. The number of nitrogens with zero attached hydrogens (tertiary/aromatic N) is 2. The number of aromatic nitrogens is 1. The second kappa shape index (κ2) is 6.71. The Morgan fingerprint density at radius 2 is 2.05 bits per heavy atom. The van der Waals surface area contributed by atoms with Gasteiger partial charge in [-0.1, -0.05) is 13.8 Å². The van der Waals surface area contributed by atoms with Crippen molar-refractivity contribution in [3.63, 3.8) is 0 Å². The molecular weight excluding hydrogens is 302 g/mol. The van der Waals surface area contributed by atoms with Crippen molar-refractivity contribution in [2.75, 3.05) is 24.5 Å². The third-order valence-electron chi connectivity index (χ3n) is 3.76. The fourth-order valence-corrected chi connectivity index (χ4v) is 2.70. The van der Waals surface area contributed by atoms with Crippen molar-refractivity contribution in [3.8, 4) is 0 Å². The Balaban J connectivity index is 1.87. The molecular formula is C15H24BrN3. The van der Waals surface area contributed by atoms with Gasteiger partial charge in [-0.15, -0.1) is 0 Å². The number of anilines is 1. The van der Waals surface area contributed by atoms with E-state index in [4.69, 9.17) is 0 Å². The molecule has 3 nitrogen and oxygen atoms in total. The molecule has 1 aromatic heterocycles. The van der Waals surface area contributed by atoms with Gasteiger partial charge >= 0.3 is 0 Å². The van der Waals surface area contributed by atoms with Gasteiger partial charge in [0.25, 0.3) is 0 Å². The zero-order valence-corrected chi connectivity index (χ0v) is 13.7. The molecule has 0 unspecified atom stereocenters. The molecule has 2 rings (SSSR count). The summed E-state index contributed by atoms with van der Waals surface area (Å²) in [7, 11) is 0. The van der Waals surface area contributed by atoms with E-state index in [1.807, 2.05) is 6.92 Å². The molecule has 0 radical (unpaired) electrons. The van der Waals surface area contributed by atoms with E-state index in [1.165, 1.54) is 12.8 Å². The summed E-state index contributed by atoms with van der Waals surface area (Å²) in [6.07, 6.45) is 2.52. The van der Waals surface area contributed by atoms with Crippen LogP contribution in [-0.2, 0) is 0 Å². The zero-order chi connectivity index (χ0) is 13.8. The quantitative estimate of drug-likeness (QED) is 0.919. The molecule has 1 aliphatic rings. The summed E-state index contributed by atoms with van der Waals surface area (Å²) in [5, 5.41) is 3.55. The number of halogens is 1. The maximum absolute atomic E-state index is 4.66. The first-order chi connectivity index (χ1) is 9.06. The summed E-state index contributed by atoms with van der Waals surface area (Å²) in [4.78, 5) is 7.07. The molecule has 0 aromatic carbocycles. The molecule has 1 N–H and O–H groups in total. The summed E-state index contributed by atoms with van der Waals surface area (Å²) in [6, 6.07) is 4.81. The first-order valence-corrected chi connectivity index (χ1v) is 7.97. The number of pyridine rings is 1. The van der Waals surface area contributed by atoms with Crippen molar-refractivity contribution in [2.24, 2.45) is 5.92 Å². The maximum atomic E-state index is 4.66. The molecule has 2 heterocycles. The van der Waals surface area contributed by atoms with Gasteiger partial charge < -0.3 is 10.2 Å². The van der Waals surface area contributed by atoms with Crippen LogP contribution < -0.4 is 10.2 Å². The highest BCUT2D eigenvalue weighted by Crippen LogP contribution is 2.24. The molecule has 1 fully saturated rings. The van der Waals surface area contributed by atoms with Gasteiger partial charge in [-0.3, -0.25) is 0 Å². The predicted molar refractivity (Wildman–Crippen MR) is 84.7 cm³/mol. The molecule has 1 aromatic rings. The lowest BCUT2D eigenvalue weighted by molar-refractivity contribution is 0.370. The van der Waals surface area contributed by atoms with Crippen LogP contribution in [-0.4, -0.2) is 30.7 Å². The van der Waals surface area contributed by atoms with Crippen LogP contribution in [0.25, 0.3) is 0 Å². The lowest BCUT2D eigenvalue weighted by Crippen LogP contribution is -2.39. The molecule has 4 heteroatoms. The lowest BCUT2D eigenvalue weighted by Gasteiger charge is -2.33. The van der Waals surface area contributed by atoms with Crippen molar-refractivity contribution >= 4 is 21.7 Å². The zero-order valence-electron chi connectivity index (χ0n) is 12.1. The number of rotatable bonds is 4. The molecule has 0 bridgehead atoms. The lowest BCUT2D eigenvalue weighted by atomic mass is 9.96. The van der Waals surface area contributed by atoms with Gasteiger partial charge in [0.05, 0.1) is 5.69 Å². The third kappa shape index (κ3) is 4.18. The fourth-order valence-electron chi connectivity index (χ4n) is 2.48. The van der Waals surface area contributed by atoms with E-state index in [9.17, 15) is 0 Å². The Bertz CT molecular complexity index is 412. The smallest absolute Gasteiger partial charge is 0.128 e. The minimum Gasteiger partial charge on any atom is -0.357 e. The number of hydrogen-bond acceptors (Lipinski definition) is 3. The van der Waals surface area contributed by atoms with Crippen molar-refractivity contribution in [1.82, 2.24) is 10.3 Å². The minimum atomic E-state index is 0.591. The van der Waals surface area contributed by atoms with E-state index in [0.717, 1.165) is 41.5 Å². The van der Waals surface area contributed by atoms with Crippen LogP contribution in [0.2, 0.25) is 0 Å². The topological polar surface area (TPSA) is 28.2 Å². The van der Waals surface area contributed by atoms with Gasteiger partial charge in [0.1, 0.15) is 5.82 Å². The standard InChI is InChI=1S/C15H24BrN3/c1-11(2)17-10-13-6-8-19(9-7-13)15-5-4-14(16)12(3)18-15/h4-5,11,13,17H,6-10H2,1-3H3. The Hall–Kier alpha value is -0.610. The number of nitrogens with one attached hydrogen (secondary N) is 1. The molecule has 0 amide bonds. The predicted octanol–water partition coefficient (Wildman–Crippen LogP) is 3.37. The Morgan fingerprint density at radius 1 is 1.37 bits per heavy atom. The van der Waals surface area contributed by atoms with Gasteiger partial charge in [0.15, 0.2) is 0 Å². The van der Waals surface area contributed by atoms with Gasteiger partial charge in [0.2, 0.25) is 0 Å². The normalized spacial score (nSPS) is 17.2. The summed E-state index contributed by atoms with van der Waals surface area (Å²) in [5.41, 5.74) is 1.07. The van der Waals surface area contributed by atoms with Crippen LogP contribution >= 0.6 is 15.9 Å². The van der Waals surface area contributed by atoms with E-state index >= 15 is 0 Å². The van der Waals surface area contributed by atoms with E-state index in [2.05, 4.69) is 57.1 Å². The van der Waals surface area contributed by atoms with E-state index in [1.54, 1.807) is 0 Å². The minimum absolute atomic E-state index is 0.591. The van der Waals surface area contributed by atoms with Crippen LogP contribution in [0, 0.1) is 12.8 Å². The fraction of sp³-hybridized carbons (Fsp3) is 0.667. The number of piperidine rings is 1. The van der Waals surface area contributed by atoms with Gasteiger partial charge in [-0.2, -0.15) is 0 Å². The molecule has 1 saturated heterocycles. The van der Waals surface area contributed by atoms with Crippen LogP contribution in [0.3, 0.4) is 0 Å². The SMILES string of the molecule is Cc1nc(N2CCC(CNC(C)C)CC2)ccc1Br. The number of aryl methyl sites for hydroxylation is 1. The summed E-state index contributed by atoms with van der Waals surface area (Å²) in [6.45, 7) is 9.87. The van der Waals surface area contributed by atoms with Crippen molar-refractivity contribution in [3.05, 3.63) is 22.3 Å². The van der Waals surface area contributed by atoms with Crippen LogP contribution in [0.15, 0.2) is 16.6 Å². The van der Waals surface area contributed by atoms with Crippen LogP contribution in [0.4, 0.5) is 5.82 Å². The Kier molecular flexibility index (Phi) is 5.22. The highest BCUT2D eigenvalue weighted by molar-refractivity contribution is 9.10. The van der Waals surface area contributed by atoms with Crippen LogP contribution in [0.1, 0.15) is 32.4 Å². The summed E-state index contributed by atoms with van der Waals surface area (Å²) < 4.78 is 1.09. The van der Waals surface area contributed by atoms with E-state index < -0.39 is 0 Å². The molecule has 0 spiro atoms. The highest BCUT2D eigenvalue weighted by Gasteiger charge is 2.20. The van der Waals surface area contributed by atoms with Gasteiger partial charge in [0, 0.05) is 23.6 Å². The highest BCUT2D eigenvalue weighted by atomic mass is 79.9. The summed E-state index contributed by atoms with van der Waals surface area (Å²) in [5.74, 6) is 1.94. The average molecular weight is 326 g/mol. The first-order valence-electron chi connectivity index (χ1n) is 7.17. The van der Waals surface area contributed by atoms with Crippen molar-refractivity contribution in [2.45, 2.75) is 39.7 Å². The van der Waals surface area contributed by atoms with Gasteiger partial charge in [-0.25, -0.2) is 4.98 Å². The maximum Gasteiger partial charge on any atom is 0.128 e. The monoisotopic (exact) mass is 325 g/mol. The first kappa shape index (κ1) is 14.8. The third-order valence-corrected chi connectivity index (χ3v) is 4.60. The molecule has 19 heavy (non-hydrogen) atoms.